The Morgan fingerprint density at radius 3 is 2.69 bits per heavy atom. The second kappa shape index (κ2) is 10.4. The molecule has 1 aromatic carbocycles. The molecule has 11 heteroatoms. The number of pyridine rings is 1. The SMILES string of the molecule is COc1cnc(Cl)cc1-c1cc(N2CCN(C)C2=O)ccc1C(=O)NC(=N)SC(=N)C#CC1CC1. The van der Waals surface area contributed by atoms with E-state index in [1.165, 1.54) is 13.3 Å². The largest absolute Gasteiger partial charge is 0.494 e. The number of urea groups is 1. The van der Waals surface area contributed by atoms with Crippen molar-refractivity contribution >= 4 is 51.2 Å². The number of nitrogens with one attached hydrogen (secondary N) is 3. The van der Waals surface area contributed by atoms with Gasteiger partial charge in [-0.2, -0.15) is 0 Å². The maximum atomic E-state index is 13.2. The summed E-state index contributed by atoms with van der Waals surface area (Å²) in [7, 11) is 3.21. The van der Waals surface area contributed by atoms with Crippen molar-refractivity contribution in [2.24, 2.45) is 5.92 Å². The average Bonchev–Trinajstić information content (AvgIpc) is 3.61. The Kier molecular flexibility index (Phi) is 7.28. The van der Waals surface area contributed by atoms with Crippen molar-refractivity contribution in [2.75, 3.05) is 32.1 Å². The van der Waals surface area contributed by atoms with E-state index in [1.54, 1.807) is 41.1 Å². The van der Waals surface area contributed by atoms with Crippen LogP contribution in [-0.4, -0.2) is 59.3 Å². The highest BCUT2D eigenvalue weighted by molar-refractivity contribution is 8.26. The van der Waals surface area contributed by atoms with Gasteiger partial charge in [-0.15, -0.1) is 0 Å². The van der Waals surface area contributed by atoms with E-state index in [1.807, 2.05) is 0 Å². The third-order valence-electron chi connectivity index (χ3n) is 5.52. The fourth-order valence-electron chi connectivity index (χ4n) is 3.52. The minimum absolute atomic E-state index is 0.00276. The third kappa shape index (κ3) is 5.75. The number of methoxy groups -OCH3 is 1. The summed E-state index contributed by atoms with van der Waals surface area (Å²) >= 11 is 6.93. The Hall–Kier alpha value is -3.55. The van der Waals surface area contributed by atoms with Crippen LogP contribution in [0.2, 0.25) is 5.15 Å². The Labute approximate surface area is 212 Å². The van der Waals surface area contributed by atoms with E-state index >= 15 is 0 Å². The van der Waals surface area contributed by atoms with Crippen LogP contribution >= 0.6 is 23.4 Å². The molecule has 0 radical (unpaired) electrons. The molecular weight excluding hydrogens is 488 g/mol. The molecule has 1 saturated heterocycles. The quantitative estimate of drug-likeness (QED) is 0.248. The van der Waals surface area contributed by atoms with Crippen molar-refractivity contribution in [3.8, 4) is 28.7 Å². The number of hydrogen-bond donors (Lipinski definition) is 3. The van der Waals surface area contributed by atoms with Gasteiger partial charge in [0.05, 0.1) is 13.3 Å². The van der Waals surface area contributed by atoms with Crippen molar-refractivity contribution in [1.29, 1.82) is 10.8 Å². The van der Waals surface area contributed by atoms with E-state index in [9.17, 15) is 9.59 Å². The number of aromatic nitrogens is 1. The summed E-state index contributed by atoms with van der Waals surface area (Å²) in [6.45, 7) is 1.10. The molecule has 2 aliphatic rings. The second-order valence-electron chi connectivity index (χ2n) is 8.05. The highest BCUT2D eigenvalue weighted by Gasteiger charge is 2.28. The van der Waals surface area contributed by atoms with E-state index in [0.29, 0.717) is 41.6 Å². The van der Waals surface area contributed by atoms with Gasteiger partial charge in [-0.3, -0.25) is 20.5 Å². The zero-order chi connectivity index (χ0) is 25.1. The fraction of sp³-hybridized carbons (Fsp3) is 0.292. The summed E-state index contributed by atoms with van der Waals surface area (Å²) in [6, 6.07) is 6.44. The first-order chi connectivity index (χ1) is 16.8. The summed E-state index contributed by atoms with van der Waals surface area (Å²) in [4.78, 5) is 33.0. The summed E-state index contributed by atoms with van der Waals surface area (Å²) < 4.78 is 5.45. The molecule has 35 heavy (non-hydrogen) atoms. The monoisotopic (exact) mass is 510 g/mol. The van der Waals surface area contributed by atoms with Gasteiger partial charge in [0.25, 0.3) is 5.91 Å². The fourth-order valence-corrected chi connectivity index (χ4v) is 4.13. The van der Waals surface area contributed by atoms with E-state index in [4.69, 9.17) is 27.2 Å². The molecule has 3 amide bonds. The number of amides is 3. The van der Waals surface area contributed by atoms with Crippen LogP contribution in [0.25, 0.3) is 11.1 Å². The van der Waals surface area contributed by atoms with Crippen LogP contribution in [0.3, 0.4) is 0 Å². The number of ether oxygens (including phenoxy) is 1. The zero-order valence-electron chi connectivity index (χ0n) is 19.1. The molecule has 1 aromatic heterocycles. The maximum Gasteiger partial charge on any atom is 0.324 e. The van der Waals surface area contributed by atoms with Gasteiger partial charge in [-0.1, -0.05) is 17.5 Å². The van der Waals surface area contributed by atoms with Crippen molar-refractivity contribution in [2.45, 2.75) is 12.8 Å². The van der Waals surface area contributed by atoms with Gasteiger partial charge in [-0.05, 0) is 54.8 Å². The number of benzene rings is 1. The molecule has 0 bridgehead atoms. The molecule has 1 aliphatic heterocycles. The molecule has 1 aliphatic carbocycles. The zero-order valence-corrected chi connectivity index (χ0v) is 20.7. The van der Waals surface area contributed by atoms with Crippen molar-refractivity contribution in [1.82, 2.24) is 15.2 Å². The molecule has 0 unspecified atom stereocenters. The molecule has 4 rings (SSSR count). The van der Waals surface area contributed by atoms with Gasteiger partial charge in [0.2, 0.25) is 0 Å². The van der Waals surface area contributed by atoms with Crippen LogP contribution in [0.15, 0.2) is 30.5 Å². The Morgan fingerprint density at radius 1 is 1.26 bits per heavy atom. The van der Waals surface area contributed by atoms with Crippen LogP contribution in [0, 0.1) is 28.6 Å². The molecule has 3 N–H and O–H groups in total. The summed E-state index contributed by atoms with van der Waals surface area (Å²) in [5.74, 6) is 5.86. The summed E-state index contributed by atoms with van der Waals surface area (Å²) in [5, 5.41) is 18.6. The predicted octanol–water partition coefficient (Wildman–Crippen LogP) is 4.07. The van der Waals surface area contributed by atoms with Crippen molar-refractivity contribution < 1.29 is 14.3 Å². The second-order valence-corrected chi connectivity index (χ2v) is 9.46. The Morgan fingerprint density at radius 2 is 2.03 bits per heavy atom. The minimum atomic E-state index is -0.549. The van der Waals surface area contributed by atoms with Crippen LogP contribution in [0.5, 0.6) is 5.75 Å². The molecule has 0 atom stereocenters. The first-order valence-corrected chi connectivity index (χ1v) is 12.0. The summed E-state index contributed by atoms with van der Waals surface area (Å²) in [6.07, 6.45) is 3.54. The molecule has 2 heterocycles. The lowest BCUT2D eigenvalue weighted by molar-refractivity contribution is 0.0978. The van der Waals surface area contributed by atoms with Crippen LogP contribution in [0.4, 0.5) is 10.5 Å². The van der Waals surface area contributed by atoms with Crippen LogP contribution < -0.4 is 15.0 Å². The number of anilines is 1. The standard InChI is InChI=1S/C24H23ClN6O3S/c1-30-9-10-31(24(30)33)15-6-7-16(17(11-15)18-12-20(25)28-13-19(18)34-2)22(32)29-23(27)35-21(26)8-5-14-3-4-14/h6-7,11-14,26H,3-4,9-10H2,1-2H3,(H2,27,29,32). The average molecular weight is 511 g/mol. The first kappa shape index (κ1) is 24.6. The molecular formula is C24H23ClN6O3S. The lowest BCUT2D eigenvalue weighted by Crippen LogP contribution is -2.30. The molecule has 1 saturated carbocycles. The lowest BCUT2D eigenvalue weighted by atomic mass is 9.98. The Bertz CT molecular complexity index is 1280. The van der Waals surface area contributed by atoms with Crippen LogP contribution in [-0.2, 0) is 0 Å². The molecule has 2 aromatic rings. The number of thioether (sulfide) groups is 1. The molecule has 2 fully saturated rings. The number of halogens is 1. The Balaban J connectivity index is 1.65. The van der Waals surface area contributed by atoms with Crippen LogP contribution in [0.1, 0.15) is 23.2 Å². The number of amidine groups is 1. The number of nitrogens with zero attached hydrogens (tertiary/aromatic N) is 3. The topological polar surface area (TPSA) is 122 Å². The van der Waals surface area contributed by atoms with Gasteiger partial charge in [0.1, 0.15) is 15.9 Å². The number of carbonyl (C=O) groups excluding carboxylic acids is 2. The van der Waals surface area contributed by atoms with Gasteiger partial charge >= 0.3 is 6.03 Å². The smallest absolute Gasteiger partial charge is 0.324 e. The predicted molar refractivity (Wildman–Crippen MR) is 138 cm³/mol. The summed E-state index contributed by atoms with van der Waals surface area (Å²) in [5.41, 5.74) is 1.84. The van der Waals surface area contributed by atoms with Gasteiger partial charge < -0.3 is 15.0 Å². The number of likely N-dealkylation sites (N-methyl/N-ethyl adjacent to an activating group) is 1. The number of hydrogen-bond acceptors (Lipinski definition) is 7. The van der Waals surface area contributed by atoms with Crippen molar-refractivity contribution in [3.63, 3.8) is 0 Å². The first-order valence-electron chi connectivity index (χ1n) is 10.8. The minimum Gasteiger partial charge on any atom is -0.494 e. The number of rotatable bonds is 4. The van der Waals surface area contributed by atoms with E-state index < -0.39 is 5.91 Å². The lowest BCUT2D eigenvalue weighted by Gasteiger charge is -2.20. The van der Waals surface area contributed by atoms with E-state index in [0.717, 1.165) is 24.6 Å². The van der Waals surface area contributed by atoms with E-state index in [2.05, 4.69) is 22.1 Å². The highest BCUT2D eigenvalue weighted by atomic mass is 35.5. The highest BCUT2D eigenvalue weighted by Crippen LogP contribution is 2.36. The van der Waals surface area contributed by atoms with Gasteiger partial charge in [0.15, 0.2) is 5.17 Å². The van der Waals surface area contributed by atoms with Crippen molar-refractivity contribution in [3.05, 3.63) is 41.2 Å². The normalized spacial score (nSPS) is 14.9. The van der Waals surface area contributed by atoms with E-state index in [-0.39, 0.29) is 27.0 Å². The molecule has 180 valence electrons. The van der Waals surface area contributed by atoms with Gasteiger partial charge in [0, 0.05) is 48.4 Å². The molecule has 0 spiro atoms. The third-order valence-corrected chi connectivity index (χ3v) is 6.34. The maximum absolute atomic E-state index is 13.2. The number of carbonyl (C=O) groups is 2. The molecule has 9 nitrogen and oxygen atoms in total. The van der Waals surface area contributed by atoms with Gasteiger partial charge in [-0.25, -0.2) is 9.78 Å².